The molecule has 0 aliphatic carbocycles. The van der Waals surface area contributed by atoms with Crippen LogP contribution in [0, 0.1) is 6.92 Å². The zero-order valence-corrected chi connectivity index (χ0v) is 7.98. The third-order valence-electron chi connectivity index (χ3n) is 2.32. The topological polar surface area (TPSA) is 55.1 Å². The molecule has 1 aromatic carbocycles. The highest BCUT2D eigenvalue weighted by Crippen LogP contribution is 2.21. The SMILES string of the molecule is Cc1c(O)ccc2ncn(C)c(=O)c12. The number of hydrogen-bond donors (Lipinski definition) is 1. The number of phenolic OH excluding ortho intramolecular Hbond substituents is 1. The summed E-state index contributed by atoms with van der Waals surface area (Å²) in [7, 11) is 1.64. The van der Waals surface area contributed by atoms with Crippen molar-refractivity contribution in [1.29, 1.82) is 0 Å². The van der Waals surface area contributed by atoms with E-state index in [2.05, 4.69) is 4.98 Å². The highest BCUT2D eigenvalue weighted by Gasteiger charge is 2.07. The first kappa shape index (κ1) is 8.74. The second kappa shape index (κ2) is 2.83. The van der Waals surface area contributed by atoms with Gasteiger partial charge in [-0.25, -0.2) is 4.98 Å². The molecule has 1 N–H and O–H groups in total. The normalized spacial score (nSPS) is 10.7. The van der Waals surface area contributed by atoms with Crippen LogP contribution in [-0.4, -0.2) is 14.7 Å². The Labute approximate surface area is 80.4 Å². The summed E-state index contributed by atoms with van der Waals surface area (Å²) in [6, 6.07) is 3.18. The van der Waals surface area contributed by atoms with Crippen molar-refractivity contribution in [2.75, 3.05) is 0 Å². The van der Waals surface area contributed by atoms with E-state index in [9.17, 15) is 9.90 Å². The molecular weight excluding hydrogens is 180 g/mol. The third kappa shape index (κ3) is 1.08. The lowest BCUT2D eigenvalue weighted by molar-refractivity contribution is 0.472. The van der Waals surface area contributed by atoms with E-state index >= 15 is 0 Å². The molecule has 0 unspecified atom stereocenters. The Hall–Kier alpha value is -1.84. The van der Waals surface area contributed by atoms with E-state index in [1.807, 2.05) is 0 Å². The van der Waals surface area contributed by atoms with Crippen molar-refractivity contribution < 1.29 is 5.11 Å². The van der Waals surface area contributed by atoms with Crippen LogP contribution in [0.2, 0.25) is 0 Å². The van der Waals surface area contributed by atoms with E-state index in [1.54, 1.807) is 26.1 Å². The molecule has 0 saturated carbocycles. The second-order valence-corrected chi connectivity index (χ2v) is 3.26. The fourth-order valence-electron chi connectivity index (χ4n) is 1.44. The number of hydrogen-bond acceptors (Lipinski definition) is 3. The Balaban J connectivity index is 3.06. The quantitative estimate of drug-likeness (QED) is 0.672. The molecule has 72 valence electrons. The molecule has 2 rings (SSSR count). The van der Waals surface area contributed by atoms with Gasteiger partial charge in [0.05, 0.1) is 17.2 Å². The first-order valence-electron chi connectivity index (χ1n) is 4.25. The van der Waals surface area contributed by atoms with Gasteiger partial charge >= 0.3 is 0 Å². The van der Waals surface area contributed by atoms with Crippen LogP contribution >= 0.6 is 0 Å². The van der Waals surface area contributed by atoms with E-state index < -0.39 is 0 Å². The summed E-state index contributed by atoms with van der Waals surface area (Å²) in [4.78, 5) is 15.8. The lowest BCUT2D eigenvalue weighted by Crippen LogP contribution is -2.17. The van der Waals surface area contributed by atoms with Crippen LogP contribution in [0.25, 0.3) is 10.9 Å². The minimum Gasteiger partial charge on any atom is -0.508 e. The molecule has 2 aromatic rings. The predicted molar refractivity (Wildman–Crippen MR) is 53.4 cm³/mol. The average Bonchev–Trinajstić information content (AvgIpc) is 2.17. The molecule has 4 heteroatoms. The molecule has 0 bridgehead atoms. The first-order chi connectivity index (χ1) is 6.61. The van der Waals surface area contributed by atoms with Gasteiger partial charge in [0.15, 0.2) is 0 Å². The Kier molecular flexibility index (Phi) is 1.77. The van der Waals surface area contributed by atoms with Crippen LogP contribution in [-0.2, 0) is 7.05 Å². The second-order valence-electron chi connectivity index (χ2n) is 3.26. The van der Waals surface area contributed by atoms with Crippen LogP contribution in [0.15, 0.2) is 23.3 Å². The molecule has 0 aliphatic rings. The Morgan fingerprint density at radius 1 is 1.43 bits per heavy atom. The highest BCUT2D eigenvalue weighted by molar-refractivity contribution is 5.83. The van der Waals surface area contributed by atoms with Gasteiger partial charge in [-0.2, -0.15) is 0 Å². The molecule has 0 saturated heterocycles. The number of nitrogens with zero attached hydrogens (tertiary/aromatic N) is 2. The molecule has 0 radical (unpaired) electrons. The van der Waals surface area contributed by atoms with Gasteiger partial charge in [-0.05, 0) is 19.1 Å². The van der Waals surface area contributed by atoms with Crippen molar-refractivity contribution in [3.63, 3.8) is 0 Å². The average molecular weight is 190 g/mol. The van der Waals surface area contributed by atoms with Gasteiger partial charge in [-0.3, -0.25) is 4.79 Å². The van der Waals surface area contributed by atoms with E-state index in [4.69, 9.17) is 0 Å². The monoisotopic (exact) mass is 190 g/mol. The maximum absolute atomic E-state index is 11.7. The number of phenols is 1. The summed E-state index contributed by atoms with van der Waals surface area (Å²) >= 11 is 0. The standard InChI is InChI=1S/C10H10N2O2/c1-6-8(13)4-3-7-9(6)10(14)12(2)5-11-7/h3-5,13H,1-2H3. The molecule has 4 nitrogen and oxygen atoms in total. The van der Waals surface area contributed by atoms with Gasteiger partial charge in [-0.1, -0.05) is 0 Å². The number of aromatic nitrogens is 2. The van der Waals surface area contributed by atoms with Gasteiger partial charge in [0.25, 0.3) is 5.56 Å². The van der Waals surface area contributed by atoms with Gasteiger partial charge in [0, 0.05) is 12.6 Å². The van der Waals surface area contributed by atoms with Gasteiger partial charge in [-0.15, -0.1) is 0 Å². The van der Waals surface area contributed by atoms with Crippen molar-refractivity contribution in [2.24, 2.45) is 7.05 Å². The molecule has 0 atom stereocenters. The molecule has 0 spiro atoms. The Bertz CT molecular complexity index is 553. The number of rotatable bonds is 0. The maximum atomic E-state index is 11.7. The molecule has 14 heavy (non-hydrogen) atoms. The van der Waals surface area contributed by atoms with Crippen molar-refractivity contribution in [3.05, 3.63) is 34.4 Å². The molecule has 0 fully saturated rings. The molecule has 0 amide bonds. The zero-order valence-electron chi connectivity index (χ0n) is 7.98. The van der Waals surface area contributed by atoms with Gasteiger partial charge in [0.2, 0.25) is 0 Å². The van der Waals surface area contributed by atoms with Crippen LogP contribution in [0.5, 0.6) is 5.75 Å². The van der Waals surface area contributed by atoms with Gasteiger partial charge in [0.1, 0.15) is 5.75 Å². The lowest BCUT2D eigenvalue weighted by Gasteiger charge is -2.04. The van der Waals surface area contributed by atoms with Crippen LogP contribution in [0.1, 0.15) is 5.56 Å². The Morgan fingerprint density at radius 2 is 2.14 bits per heavy atom. The maximum Gasteiger partial charge on any atom is 0.261 e. The van der Waals surface area contributed by atoms with Crippen molar-refractivity contribution in [1.82, 2.24) is 9.55 Å². The largest absolute Gasteiger partial charge is 0.508 e. The van der Waals surface area contributed by atoms with E-state index in [0.29, 0.717) is 16.5 Å². The molecule has 0 aliphatic heterocycles. The zero-order chi connectivity index (χ0) is 10.3. The highest BCUT2D eigenvalue weighted by atomic mass is 16.3. The summed E-state index contributed by atoms with van der Waals surface area (Å²) in [6.45, 7) is 1.71. The summed E-state index contributed by atoms with van der Waals surface area (Å²) < 4.78 is 1.40. The summed E-state index contributed by atoms with van der Waals surface area (Å²) in [5, 5.41) is 9.94. The van der Waals surface area contributed by atoms with E-state index in [1.165, 1.54) is 10.9 Å². The van der Waals surface area contributed by atoms with Crippen molar-refractivity contribution in [2.45, 2.75) is 6.92 Å². The number of benzene rings is 1. The lowest BCUT2D eigenvalue weighted by atomic mass is 10.1. The van der Waals surface area contributed by atoms with Crippen molar-refractivity contribution in [3.8, 4) is 5.75 Å². The van der Waals surface area contributed by atoms with Crippen LogP contribution < -0.4 is 5.56 Å². The summed E-state index contributed by atoms with van der Waals surface area (Å²) in [5.41, 5.74) is 1.06. The number of aromatic hydroxyl groups is 1. The van der Waals surface area contributed by atoms with E-state index in [-0.39, 0.29) is 11.3 Å². The molecule has 1 aromatic heterocycles. The molecular formula is C10H10N2O2. The predicted octanol–water partition coefficient (Wildman–Crippen LogP) is 0.948. The minimum absolute atomic E-state index is 0.127. The van der Waals surface area contributed by atoms with E-state index in [0.717, 1.165) is 0 Å². The Morgan fingerprint density at radius 3 is 2.86 bits per heavy atom. The molecule has 1 heterocycles. The van der Waals surface area contributed by atoms with Crippen LogP contribution in [0.4, 0.5) is 0 Å². The van der Waals surface area contributed by atoms with Crippen LogP contribution in [0.3, 0.4) is 0 Å². The van der Waals surface area contributed by atoms with Crippen molar-refractivity contribution >= 4 is 10.9 Å². The number of aryl methyl sites for hydroxylation is 2. The fourth-order valence-corrected chi connectivity index (χ4v) is 1.44. The summed E-state index contributed by atoms with van der Waals surface area (Å²) in [5.74, 6) is 0.127. The fraction of sp³-hybridized carbons (Fsp3) is 0.200. The minimum atomic E-state index is -0.136. The smallest absolute Gasteiger partial charge is 0.261 e. The third-order valence-corrected chi connectivity index (χ3v) is 2.32. The summed E-state index contributed by atoms with van der Waals surface area (Å²) in [6.07, 6.45) is 1.47. The first-order valence-corrected chi connectivity index (χ1v) is 4.25. The van der Waals surface area contributed by atoms with Gasteiger partial charge < -0.3 is 9.67 Å². The number of fused-ring (bicyclic) bond motifs is 1.